The third-order valence-electron chi connectivity index (χ3n) is 3.39. The Morgan fingerprint density at radius 1 is 1.38 bits per heavy atom. The molecule has 0 aromatic rings. The molecule has 1 aliphatic rings. The number of carboxylic acid groups (broad SMARTS) is 1. The number of hydrogen-bond donors (Lipinski definition) is 3. The highest BCUT2D eigenvalue weighted by atomic mass is 16.5. The molecule has 0 bridgehead atoms. The lowest BCUT2D eigenvalue weighted by Crippen LogP contribution is -2.55. The minimum atomic E-state index is -1.01. The molecule has 3 amide bonds. The zero-order chi connectivity index (χ0) is 15.8. The lowest BCUT2D eigenvalue weighted by molar-refractivity contribution is -0.143. The molecule has 1 fully saturated rings. The van der Waals surface area contributed by atoms with Crippen LogP contribution >= 0.6 is 0 Å². The first kappa shape index (κ1) is 17.2. The van der Waals surface area contributed by atoms with E-state index in [9.17, 15) is 14.4 Å². The highest BCUT2D eigenvalue weighted by Crippen LogP contribution is 2.17. The Hall–Kier alpha value is -1.83. The van der Waals surface area contributed by atoms with Crippen LogP contribution in [0.4, 0.5) is 4.79 Å². The van der Waals surface area contributed by atoms with Crippen molar-refractivity contribution in [2.24, 2.45) is 0 Å². The summed E-state index contributed by atoms with van der Waals surface area (Å²) in [5, 5.41) is 14.3. The van der Waals surface area contributed by atoms with Gasteiger partial charge in [0.05, 0.1) is 6.61 Å². The predicted octanol–water partition coefficient (Wildman–Crippen LogP) is -0.214. The maximum Gasteiger partial charge on any atom is 0.326 e. The van der Waals surface area contributed by atoms with Crippen molar-refractivity contribution in [1.29, 1.82) is 0 Å². The molecule has 21 heavy (non-hydrogen) atoms. The first-order valence-electron chi connectivity index (χ1n) is 7.04. The van der Waals surface area contributed by atoms with Crippen molar-refractivity contribution in [2.75, 3.05) is 26.8 Å². The van der Waals surface area contributed by atoms with E-state index < -0.39 is 24.1 Å². The molecule has 8 nitrogen and oxygen atoms in total. The largest absolute Gasteiger partial charge is 0.480 e. The fourth-order valence-electron chi connectivity index (χ4n) is 2.19. The number of likely N-dealkylation sites (tertiary alicyclic amines) is 1. The van der Waals surface area contributed by atoms with Gasteiger partial charge in [0.25, 0.3) is 0 Å². The van der Waals surface area contributed by atoms with Crippen LogP contribution in [0.2, 0.25) is 0 Å². The second-order valence-corrected chi connectivity index (χ2v) is 5.00. The standard InChI is InChI=1S/C13H23N3O5/c1-9(11(17)14-6-8-21-2)15-13(20)16-7-4-3-5-10(16)12(18)19/h9-10H,3-8H2,1-2H3,(H,14,17)(H,15,20)(H,18,19). The van der Waals surface area contributed by atoms with Crippen molar-refractivity contribution in [3.8, 4) is 0 Å². The molecule has 2 unspecified atom stereocenters. The van der Waals surface area contributed by atoms with Gasteiger partial charge in [0.15, 0.2) is 0 Å². The van der Waals surface area contributed by atoms with E-state index in [4.69, 9.17) is 9.84 Å². The molecule has 0 radical (unpaired) electrons. The lowest BCUT2D eigenvalue weighted by Gasteiger charge is -2.33. The molecule has 8 heteroatoms. The van der Waals surface area contributed by atoms with E-state index >= 15 is 0 Å². The molecule has 2 atom stereocenters. The third-order valence-corrected chi connectivity index (χ3v) is 3.39. The summed E-state index contributed by atoms with van der Waals surface area (Å²) in [4.78, 5) is 36.3. The predicted molar refractivity (Wildman–Crippen MR) is 74.9 cm³/mol. The van der Waals surface area contributed by atoms with E-state index in [1.54, 1.807) is 6.92 Å². The van der Waals surface area contributed by atoms with Crippen LogP contribution in [0.15, 0.2) is 0 Å². The number of hydrogen-bond acceptors (Lipinski definition) is 4. The van der Waals surface area contributed by atoms with Crippen LogP contribution in [0.3, 0.4) is 0 Å². The molecule has 0 saturated carbocycles. The van der Waals surface area contributed by atoms with Gasteiger partial charge in [-0.2, -0.15) is 0 Å². The van der Waals surface area contributed by atoms with Crippen molar-refractivity contribution >= 4 is 17.9 Å². The SMILES string of the molecule is COCCNC(=O)C(C)NC(=O)N1CCCCC1C(=O)O. The molecule has 0 aliphatic carbocycles. The van der Waals surface area contributed by atoms with Gasteiger partial charge in [-0.25, -0.2) is 9.59 Å². The van der Waals surface area contributed by atoms with Crippen molar-refractivity contribution in [1.82, 2.24) is 15.5 Å². The van der Waals surface area contributed by atoms with E-state index in [0.717, 1.165) is 12.8 Å². The number of nitrogens with zero attached hydrogens (tertiary/aromatic N) is 1. The second kappa shape index (κ2) is 8.46. The van der Waals surface area contributed by atoms with Crippen LogP contribution in [-0.4, -0.2) is 66.8 Å². The first-order chi connectivity index (χ1) is 9.97. The third kappa shape index (κ3) is 5.22. The average molecular weight is 301 g/mol. The van der Waals surface area contributed by atoms with Crippen molar-refractivity contribution < 1.29 is 24.2 Å². The van der Waals surface area contributed by atoms with E-state index in [0.29, 0.717) is 26.1 Å². The van der Waals surface area contributed by atoms with Gasteiger partial charge in [-0.05, 0) is 26.2 Å². The Morgan fingerprint density at radius 2 is 2.10 bits per heavy atom. The molecule has 1 aliphatic heterocycles. The van der Waals surface area contributed by atoms with Gasteiger partial charge in [-0.15, -0.1) is 0 Å². The lowest BCUT2D eigenvalue weighted by atomic mass is 10.0. The van der Waals surface area contributed by atoms with Gasteiger partial charge < -0.3 is 25.4 Å². The van der Waals surface area contributed by atoms with E-state index in [2.05, 4.69) is 10.6 Å². The monoisotopic (exact) mass is 301 g/mol. The number of carbonyl (C=O) groups excluding carboxylic acids is 2. The molecular weight excluding hydrogens is 278 g/mol. The molecular formula is C13H23N3O5. The maximum atomic E-state index is 12.1. The van der Waals surface area contributed by atoms with Crippen LogP contribution in [-0.2, 0) is 14.3 Å². The van der Waals surface area contributed by atoms with Gasteiger partial charge >= 0.3 is 12.0 Å². The summed E-state index contributed by atoms with van der Waals surface area (Å²) < 4.78 is 4.81. The normalized spacial score (nSPS) is 19.7. The maximum absolute atomic E-state index is 12.1. The molecule has 0 aromatic heterocycles. The van der Waals surface area contributed by atoms with Gasteiger partial charge in [0, 0.05) is 20.2 Å². The number of ether oxygens (including phenoxy) is 1. The number of methoxy groups -OCH3 is 1. The Bertz CT molecular complexity index is 388. The Morgan fingerprint density at radius 3 is 2.71 bits per heavy atom. The minimum Gasteiger partial charge on any atom is -0.480 e. The van der Waals surface area contributed by atoms with Crippen LogP contribution in [0, 0.1) is 0 Å². The van der Waals surface area contributed by atoms with Crippen LogP contribution in [0.1, 0.15) is 26.2 Å². The smallest absolute Gasteiger partial charge is 0.326 e. The molecule has 1 saturated heterocycles. The molecule has 1 rings (SSSR count). The molecule has 0 aromatic carbocycles. The van der Waals surface area contributed by atoms with Crippen molar-refractivity contribution in [3.63, 3.8) is 0 Å². The second-order valence-electron chi connectivity index (χ2n) is 5.00. The highest BCUT2D eigenvalue weighted by molar-refractivity contribution is 5.88. The van der Waals surface area contributed by atoms with Crippen LogP contribution < -0.4 is 10.6 Å². The number of amides is 3. The highest BCUT2D eigenvalue weighted by Gasteiger charge is 2.32. The van der Waals surface area contributed by atoms with Gasteiger partial charge in [-0.3, -0.25) is 4.79 Å². The number of rotatable bonds is 6. The average Bonchev–Trinajstić information content (AvgIpc) is 2.47. The Labute approximate surface area is 123 Å². The summed E-state index contributed by atoms with van der Waals surface area (Å²) in [7, 11) is 1.53. The number of carboxylic acids is 1. The molecule has 1 heterocycles. The van der Waals surface area contributed by atoms with Crippen LogP contribution in [0.25, 0.3) is 0 Å². The number of nitrogens with one attached hydrogen (secondary N) is 2. The Balaban J connectivity index is 2.50. The first-order valence-corrected chi connectivity index (χ1v) is 7.04. The minimum absolute atomic E-state index is 0.329. The van der Waals surface area contributed by atoms with E-state index in [1.165, 1.54) is 12.0 Å². The van der Waals surface area contributed by atoms with E-state index in [-0.39, 0.29) is 5.91 Å². The number of aliphatic carboxylic acids is 1. The summed E-state index contributed by atoms with van der Waals surface area (Å²) in [6.07, 6.45) is 2.00. The zero-order valence-corrected chi connectivity index (χ0v) is 12.4. The summed E-state index contributed by atoms with van der Waals surface area (Å²) in [5.74, 6) is -1.34. The summed E-state index contributed by atoms with van der Waals surface area (Å²) in [6, 6.07) is -2.07. The fourth-order valence-corrected chi connectivity index (χ4v) is 2.19. The van der Waals surface area contributed by atoms with Crippen molar-refractivity contribution in [2.45, 2.75) is 38.3 Å². The van der Waals surface area contributed by atoms with Crippen molar-refractivity contribution in [3.05, 3.63) is 0 Å². The summed E-state index contributed by atoms with van der Waals surface area (Å²) in [5.41, 5.74) is 0. The van der Waals surface area contributed by atoms with Gasteiger partial charge in [0.2, 0.25) is 5.91 Å². The number of urea groups is 1. The van der Waals surface area contributed by atoms with Gasteiger partial charge in [-0.1, -0.05) is 0 Å². The topological polar surface area (TPSA) is 108 Å². The summed E-state index contributed by atoms with van der Waals surface area (Å²) in [6.45, 7) is 2.69. The zero-order valence-electron chi connectivity index (χ0n) is 12.4. The number of carbonyl (C=O) groups is 3. The quantitative estimate of drug-likeness (QED) is 0.588. The van der Waals surface area contributed by atoms with Gasteiger partial charge in [0.1, 0.15) is 12.1 Å². The molecule has 3 N–H and O–H groups in total. The number of piperidine rings is 1. The Kier molecular flexibility index (Phi) is 6.93. The van der Waals surface area contributed by atoms with Crippen LogP contribution in [0.5, 0.6) is 0 Å². The molecule has 0 spiro atoms. The fraction of sp³-hybridized carbons (Fsp3) is 0.769. The summed E-state index contributed by atoms with van der Waals surface area (Å²) >= 11 is 0. The molecule has 120 valence electrons. The van der Waals surface area contributed by atoms with E-state index in [1.807, 2.05) is 0 Å².